The fraction of sp³-hybridized carbons (Fsp3) is 0.368. The Morgan fingerprint density at radius 3 is 2.88 bits per heavy atom. The standard InChI is InChI=1S/C19H21FN2O3/c1-12(2)25-18-9-14(6-7-21-18)19(24)22-11-16(23)10-17(22)13-4-3-5-15(20)8-13/h3-9,12,16-17,23H,10-11H2,1-2H3/t16-,17-/m0/s1. The van der Waals surface area contributed by atoms with Crippen LogP contribution >= 0.6 is 0 Å². The molecule has 0 unspecified atom stereocenters. The van der Waals surface area contributed by atoms with Crippen molar-refractivity contribution >= 4 is 5.91 Å². The van der Waals surface area contributed by atoms with E-state index in [1.807, 2.05) is 13.8 Å². The number of aliphatic hydroxyl groups is 1. The van der Waals surface area contributed by atoms with Gasteiger partial charge < -0.3 is 14.7 Å². The number of carbonyl (C=O) groups excluding carboxylic acids is 1. The molecule has 132 valence electrons. The molecule has 1 aromatic heterocycles. The van der Waals surface area contributed by atoms with Gasteiger partial charge in [0.2, 0.25) is 5.88 Å². The number of pyridine rings is 1. The van der Waals surface area contributed by atoms with Crippen molar-refractivity contribution in [2.45, 2.75) is 38.5 Å². The Bertz CT molecular complexity index is 766. The van der Waals surface area contributed by atoms with Gasteiger partial charge in [-0.15, -0.1) is 0 Å². The van der Waals surface area contributed by atoms with Gasteiger partial charge in [-0.2, -0.15) is 0 Å². The van der Waals surface area contributed by atoms with Crippen LogP contribution in [0.2, 0.25) is 0 Å². The quantitative estimate of drug-likeness (QED) is 0.926. The summed E-state index contributed by atoms with van der Waals surface area (Å²) in [6.45, 7) is 3.97. The topological polar surface area (TPSA) is 62.7 Å². The maximum atomic E-state index is 13.6. The Morgan fingerprint density at radius 1 is 1.36 bits per heavy atom. The number of amides is 1. The third kappa shape index (κ3) is 3.96. The fourth-order valence-electron chi connectivity index (χ4n) is 3.08. The number of nitrogens with zero attached hydrogens (tertiary/aromatic N) is 2. The van der Waals surface area contributed by atoms with Crippen LogP contribution in [-0.2, 0) is 0 Å². The van der Waals surface area contributed by atoms with Gasteiger partial charge in [-0.05, 0) is 44.0 Å². The number of hydrogen-bond acceptors (Lipinski definition) is 4. The molecule has 1 aromatic carbocycles. The molecule has 0 radical (unpaired) electrons. The zero-order valence-electron chi connectivity index (χ0n) is 14.2. The van der Waals surface area contributed by atoms with Gasteiger partial charge in [0.05, 0.1) is 18.2 Å². The number of hydrogen-bond donors (Lipinski definition) is 1. The lowest BCUT2D eigenvalue weighted by molar-refractivity contribution is 0.0714. The molecule has 1 aliphatic rings. The zero-order chi connectivity index (χ0) is 18.0. The fourth-order valence-corrected chi connectivity index (χ4v) is 3.08. The normalized spacial score (nSPS) is 20.1. The highest BCUT2D eigenvalue weighted by molar-refractivity contribution is 5.95. The zero-order valence-corrected chi connectivity index (χ0v) is 14.2. The highest BCUT2D eigenvalue weighted by Crippen LogP contribution is 2.33. The van der Waals surface area contributed by atoms with Crippen molar-refractivity contribution in [2.24, 2.45) is 0 Å². The van der Waals surface area contributed by atoms with Crippen molar-refractivity contribution < 1.29 is 19.0 Å². The highest BCUT2D eigenvalue weighted by atomic mass is 19.1. The number of β-amino-alcohol motifs (C(OH)–C–C–N with tert-alkyl or cyclic N) is 1. The van der Waals surface area contributed by atoms with Gasteiger partial charge >= 0.3 is 0 Å². The SMILES string of the molecule is CC(C)Oc1cc(C(=O)N2C[C@@H](O)C[C@H]2c2cccc(F)c2)ccn1. The second-order valence-corrected chi connectivity index (χ2v) is 6.47. The summed E-state index contributed by atoms with van der Waals surface area (Å²) in [6.07, 6.45) is 1.22. The summed E-state index contributed by atoms with van der Waals surface area (Å²) in [7, 11) is 0. The minimum atomic E-state index is -0.634. The molecule has 2 heterocycles. The van der Waals surface area contributed by atoms with Gasteiger partial charge in [-0.3, -0.25) is 4.79 Å². The van der Waals surface area contributed by atoms with Crippen LogP contribution in [0.4, 0.5) is 4.39 Å². The minimum Gasteiger partial charge on any atom is -0.475 e. The third-order valence-electron chi connectivity index (χ3n) is 4.11. The number of ether oxygens (including phenoxy) is 1. The average Bonchev–Trinajstić information content (AvgIpc) is 2.96. The molecule has 1 amide bonds. The second kappa shape index (κ2) is 7.19. The van der Waals surface area contributed by atoms with E-state index in [2.05, 4.69) is 4.98 Å². The first kappa shape index (κ1) is 17.4. The summed E-state index contributed by atoms with van der Waals surface area (Å²) in [4.78, 5) is 18.6. The molecular weight excluding hydrogens is 323 g/mol. The largest absolute Gasteiger partial charge is 0.475 e. The van der Waals surface area contributed by atoms with Crippen molar-refractivity contribution in [3.63, 3.8) is 0 Å². The lowest BCUT2D eigenvalue weighted by Gasteiger charge is -2.25. The molecule has 5 nitrogen and oxygen atoms in total. The molecule has 0 saturated carbocycles. The molecule has 3 rings (SSSR count). The van der Waals surface area contributed by atoms with E-state index in [1.54, 1.807) is 29.2 Å². The number of carbonyl (C=O) groups is 1. The van der Waals surface area contributed by atoms with Crippen molar-refractivity contribution in [3.05, 3.63) is 59.5 Å². The lowest BCUT2D eigenvalue weighted by Crippen LogP contribution is -2.31. The predicted octanol–water partition coefficient (Wildman–Crippen LogP) is 2.96. The summed E-state index contributed by atoms with van der Waals surface area (Å²) in [6, 6.07) is 8.99. The smallest absolute Gasteiger partial charge is 0.254 e. The summed E-state index contributed by atoms with van der Waals surface area (Å²) in [5, 5.41) is 10.0. The summed E-state index contributed by atoms with van der Waals surface area (Å²) >= 11 is 0. The molecule has 1 fully saturated rings. The molecule has 2 aromatic rings. The van der Waals surface area contributed by atoms with Gasteiger partial charge in [0, 0.05) is 24.4 Å². The Kier molecular flexibility index (Phi) is 4.99. The lowest BCUT2D eigenvalue weighted by atomic mass is 10.0. The van der Waals surface area contributed by atoms with Gasteiger partial charge in [0.1, 0.15) is 5.82 Å². The van der Waals surface area contributed by atoms with Crippen molar-refractivity contribution in [1.29, 1.82) is 0 Å². The molecule has 6 heteroatoms. The van der Waals surface area contributed by atoms with Crippen molar-refractivity contribution in [2.75, 3.05) is 6.54 Å². The molecule has 0 aliphatic carbocycles. The van der Waals surface area contributed by atoms with E-state index < -0.39 is 6.10 Å². The average molecular weight is 344 g/mol. The number of benzene rings is 1. The van der Waals surface area contributed by atoms with E-state index >= 15 is 0 Å². The third-order valence-corrected chi connectivity index (χ3v) is 4.11. The number of likely N-dealkylation sites (tertiary alicyclic amines) is 1. The van der Waals surface area contributed by atoms with Crippen molar-refractivity contribution in [1.82, 2.24) is 9.88 Å². The number of aromatic nitrogens is 1. The molecule has 0 spiro atoms. The van der Waals surface area contributed by atoms with E-state index in [4.69, 9.17) is 4.74 Å². The van der Waals surface area contributed by atoms with Crippen LogP contribution in [0.5, 0.6) is 5.88 Å². The van der Waals surface area contributed by atoms with E-state index in [-0.39, 0.29) is 30.4 Å². The van der Waals surface area contributed by atoms with Crippen LogP contribution in [-0.4, -0.2) is 39.7 Å². The highest BCUT2D eigenvalue weighted by Gasteiger charge is 2.36. The van der Waals surface area contributed by atoms with Crippen LogP contribution in [0.3, 0.4) is 0 Å². The number of rotatable bonds is 4. The number of aliphatic hydroxyl groups excluding tert-OH is 1. The Labute approximate surface area is 146 Å². The maximum Gasteiger partial charge on any atom is 0.254 e. The summed E-state index contributed by atoms with van der Waals surface area (Å²) < 4.78 is 19.1. The molecule has 25 heavy (non-hydrogen) atoms. The minimum absolute atomic E-state index is 0.0495. The Hall–Kier alpha value is -2.47. The summed E-state index contributed by atoms with van der Waals surface area (Å²) in [5.74, 6) is -0.215. The molecule has 1 N–H and O–H groups in total. The van der Waals surface area contributed by atoms with Crippen LogP contribution in [0, 0.1) is 5.82 Å². The molecule has 1 aliphatic heterocycles. The Morgan fingerprint density at radius 2 is 2.16 bits per heavy atom. The Balaban J connectivity index is 1.87. The van der Waals surface area contributed by atoms with E-state index in [0.29, 0.717) is 23.4 Å². The first-order valence-electron chi connectivity index (χ1n) is 8.31. The molecule has 1 saturated heterocycles. The van der Waals surface area contributed by atoms with Gasteiger partial charge in [-0.25, -0.2) is 9.37 Å². The van der Waals surface area contributed by atoms with Gasteiger partial charge in [0.25, 0.3) is 5.91 Å². The second-order valence-electron chi connectivity index (χ2n) is 6.47. The van der Waals surface area contributed by atoms with Gasteiger partial charge in [-0.1, -0.05) is 12.1 Å². The van der Waals surface area contributed by atoms with E-state index in [1.165, 1.54) is 18.3 Å². The number of halogens is 1. The van der Waals surface area contributed by atoms with Crippen LogP contribution in [0.25, 0.3) is 0 Å². The van der Waals surface area contributed by atoms with Crippen molar-refractivity contribution in [3.8, 4) is 5.88 Å². The van der Waals surface area contributed by atoms with Crippen LogP contribution in [0.1, 0.15) is 42.2 Å². The van der Waals surface area contributed by atoms with Crippen LogP contribution in [0.15, 0.2) is 42.6 Å². The van der Waals surface area contributed by atoms with E-state index in [9.17, 15) is 14.3 Å². The first-order valence-corrected chi connectivity index (χ1v) is 8.31. The van der Waals surface area contributed by atoms with Gasteiger partial charge in [0.15, 0.2) is 0 Å². The monoisotopic (exact) mass is 344 g/mol. The molecule has 2 atom stereocenters. The molecular formula is C19H21FN2O3. The predicted molar refractivity (Wildman–Crippen MR) is 90.8 cm³/mol. The van der Waals surface area contributed by atoms with E-state index in [0.717, 1.165) is 0 Å². The molecule has 0 bridgehead atoms. The summed E-state index contributed by atoms with van der Waals surface area (Å²) in [5.41, 5.74) is 1.11. The van der Waals surface area contributed by atoms with Crippen LogP contribution < -0.4 is 4.74 Å². The first-order chi connectivity index (χ1) is 11.9. The maximum absolute atomic E-state index is 13.6.